The van der Waals surface area contributed by atoms with Crippen LogP contribution in [0.5, 0.6) is 5.75 Å². The molecule has 0 radical (unpaired) electrons. The van der Waals surface area contributed by atoms with E-state index < -0.39 is 0 Å². The maximum Gasteiger partial charge on any atom is 0.253 e. The van der Waals surface area contributed by atoms with E-state index in [4.69, 9.17) is 4.74 Å². The molecule has 1 heterocycles. The van der Waals surface area contributed by atoms with Crippen LogP contribution in [-0.2, 0) is 4.79 Å². The summed E-state index contributed by atoms with van der Waals surface area (Å²) in [6.07, 6.45) is 1.58. The van der Waals surface area contributed by atoms with Gasteiger partial charge in [0, 0.05) is 0 Å². The molecular formula is C26H25N5O3S. The molecule has 2 N–H and O–H groups in total. The second-order valence-corrected chi connectivity index (χ2v) is 8.59. The molecule has 178 valence electrons. The first-order chi connectivity index (χ1) is 17.1. The number of hydrogen-bond acceptors (Lipinski definition) is 6. The molecule has 1 atom stereocenters. The summed E-state index contributed by atoms with van der Waals surface area (Å²) in [5.74, 6) is 0.231. The SMILES string of the molecule is COc1ccccc1-n1cnnc1SCC(=O)Nc1ccccc1C(=O)NC(C)c1ccccc1. The Balaban J connectivity index is 1.41. The lowest BCUT2D eigenvalue weighted by Gasteiger charge is -2.16. The maximum absolute atomic E-state index is 12.9. The second-order valence-electron chi connectivity index (χ2n) is 7.64. The molecule has 0 saturated carbocycles. The smallest absolute Gasteiger partial charge is 0.253 e. The van der Waals surface area contributed by atoms with Gasteiger partial charge in [-0.1, -0.05) is 66.4 Å². The fourth-order valence-electron chi connectivity index (χ4n) is 3.52. The molecule has 35 heavy (non-hydrogen) atoms. The van der Waals surface area contributed by atoms with Crippen molar-refractivity contribution in [3.8, 4) is 11.4 Å². The van der Waals surface area contributed by atoms with Crippen molar-refractivity contribution in [3.63, 3.8) is 0 Å². The number of anilines is 1. The third-order valence-electron chi connectivity index (χ3n) is 5.29. The number of amides is 2. The Labute approximate surface area is 207 Å². The molecule has 4 rings (SSSR count). The molecule has 1 unspecified atom stereocenters. The first-order valence-corrected chi connectivity index (χ1v) is 12.0. The molecule has 1 aromatic heterocycles. The van der Waals surface area contributed by atoms with E-state index in [1.807, 2.05) is 61.5 Å². The van der Waals surface area contributed by atoms with Crippen LogP contribution in [0.15, 0.2) is 90.3 Å². The molecule has 3 aromatic carbocycles. The average molecular weight is 488 g/mol. The molecule has 0 spiro atoms. The highest BCUT2D eigenvalue weighted by molar-refractivity contribution is 7.99. The zero-order valence-electron chi connectivity index (χ0n) is 19.3. The minimum Gasteiger partial charge on any atom is -0.495 e. The van der Waals surface area contributed by atoms with Crippen molar-refractivity contribution < 1.29 is 14.3 Å². The first kappa shape index (κ1) is 24.0. The summed E-state index contributed by atoms with van der Waals surface area (Å²) in [5.41, 5.74) is 2.61. The van der Waals surface area contributed by atoms with Gasteiger partial charge in [0.2, 0.25) is 5.91 Å². The van der Waals surface area contributed by atoms with Gasteiger partial charge in [-0.25, -0.2) is 0 Å². The normalized spacial score (nSPS) is 11.5. The summed E-state index contributed by atoms with van der Waals surface area (Å²) in [5, 5.41) is 14.5. The number of carbonyl (C=O) groups excluding carboxylic acids is 2. The first-order valence-electron chi connectivity index (χ1n) is 11.0. The van der Waals surface area contributed by atoms with Gasteiger partial charge in [0.1, 0.15) is 12.1 Å². The highest BCUT2D eigenvalue weighted by Crippen LogP contribution is 2.27. The molecule has 0 saturated heterocycles. The second kappa shape index (κ2) is 11.3. The van der Waals surface area contributed by atoms with Gasteiger partial charge in [-0.05, 0) is 36.8 Å². The van der Waals surface area contributed by atoms with Gasteiger partial charge >= 0.3 is 0 Å². The van der Waals surface area contributed by atoms with Crippen LogP contribution in [0.3, 0.4) is 0 Å². The molecule has 4 aromatic rings. The predicted molar refractivity (Wildman–Crippen MR) is 136 cm³/mol. The number of rotatable bonds is 9. The van der Waals surface area contributed by atoms with E-state index in [2.05, 4.69) is 20.8 Å². The summed E-state index contributed by atoms with van der Waals surface area (Å²) in [6, 6.07) is 24.0. The van der Waals surface area contributed by atoms with Crippen LogP contribution in [0.2, 0.25) is 0 Å². The van der Waals surface area contributed by atoms with Crippen LogP contribution in [0.4, 0.5) is 5.69 Å². The third-order valence-corrected chi connectivity index (χ3v) is 6.23. The zero-order chi connectivity index (χ0) is 24.6. The van der Waals surface area contributed by atoms with Crippen LogP contribution in [-0.4, -0.2) is 39.4 Å². The van der Waals surface area contributed by atoms with Crippen molar-refractivity contribution >= 4 is 29.3 Å². The minimum atomic E-state index is -0.263. The Hall–Kier alpha value is -4.11. The topological polar surface area (TPSA) is 98.1 Å². The van der Waals surface area contributed by atoms with Crippen molar-refractivity contribution in [1.82, 2.24) is 20.1 Å². The van der Waals surface area contributed by atoms with Gasteiger partial charge in [0.05, 0.1) is 35.8 Å². The van der Waals surface area contributed by atoms with Crippen LogP contribution in [0.1, 0.15) is 28.9 Å². The fraction of sp³-hybridized carbons (Fsp3) is 0.154. The lowest BCUT2D eigenvalue weighted by atomic mass is 10.1. The molecule has 0 aliphatic rings. The summed E-state index contributed by atoms with van der Waals surface area (Å²) in [4.78, 5) is 25.7. The van der Waals surface area contributed by atoms with E-state index in [9.17, 15) is 9.59 Å². The Morgan fingerprint density at radius 2 is 1.71 bits per heavy atom. The number of nitrogens with zero attached hydrogens (tertiary/aromatic N) is 3. The van der Waals surface area contributed by atoms with Crippen molar-refractivity contribution in [2.24, 2.45) is 0 Å². The third kappa shape index (κ3) is 5.88. The molecular weight excluding hydrogens is 462 g/mol. The van der Waals surface area contributed by atoms with Gasteiger partial charge in [0.25, 0.3) is 5.91 Å². The van der Waals surface area contributed by atoms with E-state index in [0.717, 1.165) is 11.3 Å². The number of ether oxygens (including phenoxy) is 1. The minimum absolute atomic E-state index is 0.0875. The summed E-state index contributed by atoms with van der Waals surface area (Å²) in [7, 11) is 1.59. The monoisotopic (exact) mass is 487 g/mol. The quantitative estimate of drug-likeness (QED) is 0.338. The standard InChI is InChI=1S/C26H25N5O3S/c1-18(19-10-4-3-5-11-19)28-25(33)20-12-6-7-13-21(20)29-24(32)16-35-26-30-27-17-31(26)22-14-8-9-15-23(22)34-2/h3-15,17-18H,16H2,1-2H3,(H,28,33)(H,29,32). The van der Waals surface area contributed by atoms with Crippen LogP contribution < -0.4 is 15.4 Å². The molecule has 8 nitrogen and oxygen atoms in total. The number of carbonyl (C=O) groups is 2. The number of hydrogen-bond donors (Lipinski definition) is 2. The number of nitrogens with one attached hydrogen (secondary N) is 2. The lowest BCUT2D eigenvalue weighted by molar-refractivity contribution is -0.113. The largest absolute Gasteiger partial charge is 0.495 e. The molecule has 0 aliphatic heterocycles. The van der Waals surface area contributed by atoms with E-state index in [1.165, 1.54) is 11.8 Å². The maximum atomic E-state index is 12.9. The predicted octanol–water partition coefficient (Wildman–Crippen LogP) is 4.50. The van der Waals surface area contributed by atoms with E-state index in [0.29, 0.717) is 22.2 Å². The Morgan fingerprint density at radius 1 is 1.00 bits per heavy atom. The van der Waals surface area contributed by atoms with Crippen molar-refractivity contribution in [2.45, 2.75) is 18.1 Å². The molecule has 9 heteroatoms. The number of methoxy groups -OCH3 is 1. The average Bonchev–Trinajstić information content (AvgIpc) is 3.36. The van der Waals surface area contributed by atoms with Crippen molar-refractivity contribution in [2.75, 3.05) is 18.2 Å². The number of thioether (sulfide) groups is 1. The Bertz CT molecular complexity index is 1310. The van der Waals surface area contributed by atoms with Gasteiger partial charge in [-0.3, -0.25) is 14.2 Å². The van der Waals surface area contributed by atoms with Gasteiger partial charge < -0.3 is 15.4 Å². The highest BCUT2D eigenvalue weighted by Gasteiger charge is 2.17. The van der Waals surface area contributed by atoms with E-state index in [-0.39, 0.29) is 23.6 Å². The number of aromatic nitrogens is 3. The van der Waals surface area contributed by atoms with Crippen molar-refractivity contribution in [1.29, 1.82) is 0 Å². The van der Waals surface area contributed by atoms with E-state index >= 15 is 0 Å². The number of benzene rings is 3. The van der Waals surface area contributed by atoms with Crippen LogP contribution in [0, 0.1) is 0 Å². The van der Waals surface area contributed by atoms with Crippen molar-refractivity contribution in [3.05, 3.63) is 96.3 Å². The van der Waals surface area contributed by atoms with E-state index in [1.54, 1.807) is 42.3 Å². The van der Waals surface area contributed by atoms with Crippen LogP contribution >= 0.6 is 11.8 Å². The summed E-state index contributed by atoms with van der Waals surface area (Å²) in [6.45, 7) is 1.92. The highest BCUT2D eigenvalue weighted by atomic mass is 32.2. The molecule has 2 amide bonds. The summed E-state index contributed by atoms with van der Waals surface area (Å²) < 4.78 is 7.18. The summed E-state index contributed by atoms with van der Waals surface area (Å²) >= 11 is 1.24. The Kier molecular flexibility index (Phi) is 7.79. The lowest BCUT2D eigenvalue weighted by Crippen LogP contribution is -2.28. The number of para-hydroxylation sites is 3. The zero-order valence-corrected chi connectivity index (χ0v) is 20.2. The van der Waals surface area contributed by atoms with Gasteiger partial charge in [0.15, 0.2) is 5.16 Å². The molecule has 0 bridgehead atoms. The molecule has 0 fully saturated rings. The molecule has 0 aliphatic carbocycles. The fourth-order valence-corrected chi connectivity index (χ4v) is 4.24. The Morgan fingerprint density at radius 3 is 2.51 bits per heavy atom. The van der Waals surface area contributed by atoms with Crippen LogP contribution in [0.25, 0.3) is 5.69 Å². The van der Waals surface area contributed by atoms with Gasteiger partial charge in [-0.2, -0.15) is 0 Å². The van der Waals surface area contributed by atoms with Gasteiger partial charge in [-0.15, -0.1) is 10.2 Å².